The molecule has 0 aliphatic heterocycles. The molecular formula is C28H28BrF2N3O3S. The van der Waals surface area contributed by atoms with Gasteiger partial charge in [0.2, 0.25) is 0 Å². The van der Waals surface area contributed by atoms with Gasteiger partial charge in [0.25, 0.3) is 0 Å². The van der Waals surface area contributed by atoms with Crippen molar-refractivity contribution in [3.63, 3.8) is 0 Å². The lowest BCUT2D eigenvalue weighted by molar-refractivity contribution is -0.0498. The summed E-state index contributed by atoms with van der Waals surface area (Å²) in [6, 6.07) is 23.2. The number of ether oxygens (including phenoxy) is 2. The molecule has 0 aliphatic carbocycles. The Balaban J connectivity index is 0.00000400. The summed E-state index contributed by atoms with van der Waals surface area (Å²) >= 11 is 1.24. The number of ketones is 1. The maximum absolute atomic E-state index is 12.7. The van der Waals surface area contributed by atoms with E-state index in [1.165, 1.54) is 41.6 Å². The smallest absolute Gasteiger partial charge is 0.387 e. The van der Waals surface area contributed by atoms with Crippen LogP contribution >= 0.6 is 28.7 Å². The number of aromatic nitrogens is 3. The summed E-state index contributed by atoms with van der Waals surface area (Å²) in [6.45, 7) is 3.75. The van der Waals surface area contributed by atoms with Crippen molar-refractivity contribution in [2.24, 2.45) is 0 Å². The molecule has 4 aromatic rings. The van der Waals surface area contributed by atoms with Crippen molar-refractivity contribution in [1.29, 1.82) is 0 Å². The standard InChI is InChI=1S/C28H27F2N3O3S.BrH/c1-28(2,3)20-11-15-22(16-12-20)35-17-25-31-32-27(33(25)21-7-5-4-6-8-21)37-18-24(34)19-9-13-23(14-10-19)36-26(29)30;/h4-16,26H,17-18H2,1-3H3;1H. The third-order valence-electron chi connectivity index (χ3n) is 5.54. The van der Waals surface area contributed by atoms with Gasteiger partial charge >= 0.3 is 6.61 Å². The molecule has 0 aliphatic rings. The Bertz CT molecular complexity index is 1330. The number of benzene rings is 3. The van der Waals surface area contributed by atoms with Gasteiger partial charge in [-0.15, -0.1) is 27.2 Å². The number of thioether (sulfide) groups is 1. The molecule has 0 fully saturated rings. The fourth-order valence-electron chi connectivity index (χ4n) is 3.56. The lowest BCUT2D eigenvalue weighted by Gasteiger charge is -2.19. The molecule has 0 spiro atoms. The molecule has 10 heteroatoms. The summed E-state index contributed by atoms with van der Waals surface area (Å²) in [5.74, 6) is 1.23. The molecule has 0 atom stereocenters. The van der Waals surface area contributed by atoms with Gasteiger partial charge in [0.05, 0.1) is 5.75 Å². The molecule has 0 unspecified atom stereocenters. The van der Waals surface area contributed by atoms with Crippen molar-refractivity contribution in [2.45, 2.75) is 44.6 Å². The summed E-state index contributed by atoms with van der Waals surface area (Å²) in [4.78, 5) is 12.7. The Morgan fingerprint density at radius 2 is 1.55 bits per heavy atom. The first-order valence-corrected chi connectivity index (χ1v) is 12.6. The topological polar surface area (TPSA) is 66.2 Å². The number of alkyl halides is 2. The first-order valence-electron chi connectivity index (χ1n) is 11.6. The predicted molar refractivity (Wildman–Crippen MR) is 149 cm³/mol. The number of hydrogen-bond donors (Lipinski definition) is 0. The van der Waals surface area contributed by atoms with E-state index in [9.17, 15) is 13.6 Å². The van der Waals surface area contributed by atoms with Crippen LogP contribution in [0.4, 0.5) is 8.78 Å². The molecule has 0 saturated heterocycles. The highest BCUT2D eigenvalue weighted by molar-refractivity contribution is 8.93. The van der Waals surface area contributed by atoms with Gasteiger partial charge in [0.15, 0.2) is 16.8 Å². The Morgan fingerprint density at radius 3 is 2.16 bits per heavy atom. The number of halogens is 3. The second kappa shape index (κ2) is 13.0. The van der Waals surface area contributed by atoms with Gasteiger partial charge in [-0.25, -0.2) is 0 Å². The largest absolute Gasteiger partial charge is 0.486 e. The normalized spacial score (nSPS) is 11.2. The fraction of sp³-hybridized carbons (Fsp3) is 0.250. The van der Waals surface area contributed by atoms with Crippen LogP contribution in [0.5, 0.6) is 11.5 Å². The van der Waals surface area contributed by atoms with Gasteiger partial charge in [-0.05, 0) is 59.5 Å². The highest BCUT2D eigenvalue weighted by atomic mass is 79.9. The first-order chi connectivity index (χ1) is 17.7. The Hall–Kier alpha value is -3.24. The highest BCUT2D eigenvalue weighted by Gasteiger charge is 2.18. The van der Waals surface area contributed by atoms with Gasteiger partial charge in [-0.2, -0.15) is 8.78 Å². The van der Waals surface area contributed by atoms with Crippen LogP contribution in [0.2, 0.25) is 0 Å². The van der Waals surface area contributed by atoms with Crippen molar-refractivity contribution in [1.82, 2.24) is 14.8 Å². The van der Waals surface area contributed by atoms with Crippen LogP contribution in [0.1, 0.15) is 42.5 Å². The molecule has 38 heavy (non-hydrogen) atoms. The maximum atomic E-state index is 12.7. The number of carbonyl (C=O) groups excluding carboxylic acids is 1. The van der Waals surface area contributed by atoms with E-state index in [1.807, 2.05) is 47.0 Å². The van der Waals surface area contributed by atoms with Crippen molar-refractivity contribution in [2.75, 3.05) is 5.75 Å². The van der Waals surface area contributed by atoms with Crippen LogP contribution in [0.25, 0.3) is 5.69 Å². The summed E-state index contributed by atoms with van der Waals surface area (Å²) in [5, 5.41) is 9.17. The molecule has 6 nitrogen and oxygen atoms in total. The van der Waals surface area contributed by atoms with E-state index in [4.69, 9.17) is 4.74 Å². The number of carbonyl (C=O) groups is 1. The van der Waals surface area contributed by atoms with Crippen LogP contribution in [-0.2, 0) is 12.0 Å². The van der Waals surface area contributed by atoms with E-state index < -0.39 is 6.61 Å². The van der Waals surface area contributed by atoms with Crippen molar-refractivity contribution in [3.8, 4) is 17.2 Å². The summed E-state index contributed by atoms with van der Waals surface area (Å²) < 4.78 is 36.9. The Morgan fingerprint density at radius 1 is 0.921 bits per heavy atom. The predicted octanol–water partition coefficient (Wildman–Crippen LogP) is 7.30. The van der Waals surface area contributed by atoms with Crippen LogP contribution in [0, 0.1) is 0 Å². The third kappa shape index (κ3) is 7.64. The molecule has 0 amide bonds. The minimum Gasteiger partial charge on any atom is -0.486 e. The second-order valence-electron chi connectivity index (χ2n) is 9.25. The number of rotatable bonds is 10. The zero-order valence-electron chi connectivity index (χ0n) is 21.1. The summed E-state index contributed by atoms with van der Waals surface area (Å²) in [7, 11) is 0. The van der Waals surface area contributed by atoms with Gasteiger partial charge in [0.1, 0.15) is 18.1 Å². The zero-order chi connectivity index (χ0) is 26.4. The third-order valence-corrected chi connectivity index (χ3v) is 6.47. The van der Waals surface area contributed by atoms with Gasteiger partial charge in [-0.1, -0.05) is 62.9 Å². The SMILES string of the molecule is Br.CC(C)(C)c1ccc(OCc2nnc(SCC(=O)c3ccc(OC(F)F)cc3)n2-c2ccccc2)cc1. The number of para-hydroxylation sites is 1. The molecule has 0 bridgehead atoms. The van der Waals surface area contributed by atoms with E-state index in [0.29, 0.717) is 16.5 Å². The van der Waals surface area contributed by atoms with Crippen LogP contribution in [0.3, 0.4) is 0 Å². The number of hydrogen-bond acceptors (Lipinski definition) is 6. The second-order valence-corrected chi connectivity index (χ2v) is 10.2. The average Bonchev–Trinajstić information content (AvgIpc) is 3.29. The van der Waals surface area contributed by atoms with Crippen molar-refractivity contribution >= 4 is 34.5 Å². The van der Waals surface area contributed by atoms with E-state index in [0.717, 1.165) is 11.4 Å². The zero-order valence-corrected chi connectivity index (χ0v) is 23.7. The molecule has 0 saturated carbocycles. The molecule has 1 aromatic heterocycles. The number of Topliss-reactive ketones (excluding diaryl/α,β-unsaturated/α-hetero) is 1. The van der Waals surface area contributed by atoms with E-state index in [-0.39, 0.29) is 46.3 Å². The van der Waals surface area contributed by atoms with E-state index >= 15 is 0 Å². The van der Waals surface area contributed by atoms with Crippen molar-refractivity contribution in [3.05, 3.63) is 95.8 Å². The van der Waals surface area contributed by atoms with Crippen LogP contribution < -0.4 is 9.47 Å². The number of nitrogens with zero attached hydrogens (tertiary/aromatic N) is 3. The van der Waals surface area contributed by atoms with Crippen molar-refractivity contribution < 1.29 is 23.0 Å². The quantitative estimate of drug-likeness (QED) is 0.140. The molecule has 3 aromatic carbocycles. The maximum Gasteiger partial charge on any atom is 0.387 e. The Kier molecular flexibility index (Phi) is 10.0. The Labute approximate surface area is 235 Å². The highest BCUT2D eigenvalue weighted by Crippen LogP contribution is 2.26. The molecule has 0 N–H and O–H groups in total. The van der Waals surface area contributed by atoms with E-state index in [2.05, 4.69) is 47.8 Å². The first kappa shape index (κ1) is 29.3. The van der Waals surface area contributed by atoms with Crippen LogP contribution in [-0.4, -0.2) is 32.9 Å². The van der Waals surface area contributed by atoms with Gasteiger partial charge < -0.3 is 9.47 Å². The van der Waals surface area contributed by atoms with Gasteiger partial charge in [-0.3, -0.25) is 9.36 Å². The molecule has 200 valence electrons. The monoisotopic (exact) mass is 603 g/mol. The van der Waals surface area contributed by atoms with Crippen LogP contribution in [0.15, 0.2) is 84.0 Å². The minimum atomic E-state index is -2.91. The molecule has 0 radical (unpaired) electrons. The summed E-state index contributed by atoms with van der Waals surface area (Å²) in [5.41, 5.74) is 2.50. The minimum absolute atomic E-state index is 0. The summed E-state index contributed by atoms with van der Waals surface area (Å²) in [6.07, 6.45) is 0. The fourth-order valence-corrected chi connectivity index (χ4v) is 4.42. The average molecular weight is 605 g/mol. The molecular weight excluding hydrogens is 576 g/mol. The molecule has 4 rings (SSSR count). The van der Waals surface area contributed by atoms with E-state index in [1.54, 1.807) is 0 Å². The lowest BCUT2D eigenvalue weighted by atomic mass is 9.87. The lowest BCUT2D eigenvalue weighted by Crippen LogP contribution is -2.11. The van der Waals surface area contributed by atoms with Gasteiger partial charge in [0, 0.05) is 11.3 Å². The molecule has 1 heterocycles.